The molecule has 5 rings (SSSR count). The SMILES string of the molecule is Cc1nn(-c2ccccc2)c2nc(C3CC3)cc(C(=O)NC[C@H]3CCCO3)c12. The maximum absolute atomic E-state index is 13.1. The van der Waals surface area contributed by atoms with Crippen LogP contribution < -0.4 is 5.32 Å². The molecule has 1 saturated heterocycles. The number of ether oxygens (including phenoxy) is 1. The minimum Gasteiger partial charge on any atom is -0.376 e. The van der Waals surface area contributed by atoms with Gasteiger partial charge in [-0.3, -0.25) is 4.79 Å². The van der Waals surface area contributed by atoms with Gasteiger partial charge in [0.15, 0.2) is 5.65 Å². The monoisotopic (exact) mass is 376 g/mol. The Morgan fingerprint density at radius 2 is 2.07 bits per heavy atom. The van der Waals surface area contributed by atoms with Crippen molar-refractivity contribution in [3.05, 3.63) is 53.3 Å². The Balaban J connectivity index is 1.57. The Hall–Kier alpha value is -2.73. The number of nitrogens with one attached hydrogen (secondary N) is 1. The average Bonchev–Trinajstić information content (AvgIpc) is 3.34. The molecule has 1 saturated carbocycles. The zero-order valence-corrected chi connectivity index (χ0v) is 16.0. The maximum atomic E-state index is 13.1. The molecule has 1 atom stereocenters. The molecule has 2 fully saturated rings. The summed E-state index contributed by atoms with van der Waals surface area (Å²) in [4.78, 5) is 18.0. The molecule has 6 nitrogen and oxygen atoms in total. The van der Waals surface area contributed by atoms with Crippen LogP contribution in [0.3, 0.4) is 0 Å². The zero-order valence-electron chi connectivity index (χ0n) is 16.0. The van der Waals surface area contributed by atoms with Gasteiger partial charge in [-0.2, -0.15) is 5.10 Å². The van der Waals surface area contributed by atoms with Gasteiger partial charge in [0, 0.05) is 24.8 Å². The van der Waals surface area contributed by atoms with Gasteiger partial charge in [0.05, 0.1) is 28.4 Å². The highest BCUT2D eigenvalue weighted by atomic mass is 16.5. The molecule has 0 spiro atoms. The van der Waals surface area contributed by atoms with E-state index in [1.54, 1.807) is 0 Å². The lowest BCUT2D eigenvalue weighted by molar-refractivity contribution is 0.0859. The molecule has 0 radical (unpaired) electrons. The summed E-state index contributed by atoms with van der Waals surface area (Å²) in [6.07, 6.45) is 4.46. The van der Waals surface area contributed by atoms with E-state index in [0.29, 0.717) is 18.0 Å². The number of aryl methyl sites for hydroxylation is 1. The number of pyridine rings is 1. The van der Waals surface area contributed by atoms with Gasteiger partial charge in [-0.05, 0) is 50.8 Å². The molecule has 3 aromatic rings. The molecule has 1 aromatic carbocycles. The summed E-state index contributed by atoms with van der Waals surface area (Å²) < 4.78 is 7.50. The van der Waals surface area contributed by atoms with Crippen molar-refractivity contribution in [3.63, 3.8) is 0 Å². The van der Waals surface area contributed by atoms with E-state index in [-0.39, 0.29) is 12.0 Å². The number of rotatable bonds is 5. The second kappa shape index (κ2) is 7.02. The van der Waals surface area contributed by atoms with Crippen LogP contribution >= 0.6 is 0 Å². The predicted octanol–water partition coefficient (Wildman–Crippen LogP) is 3.52. The third-order valence-corrected chi connectivity index (χ3v) is 5.59. The average molecular weight is 376 g/mol. The summed E-state index contributed by atoms with van der Waals surface area (Å²) in [7, 11) is 0. The first-order valence-electron chi connectivity index (χ1n) is 10.1. The zero-order chi connectivity index (χ0) is 19.1. The molecule has 6 heteroatoms. The fourth-order valence-electron chi connectivity index (χ4n) is 3.93. The number of amides is 1. The first kappa shape index (κ1) is 17.4. The van der Waals surface area contributed by atoms with Crippen molar-refractivity contribution < 1.29 is 9.53 Å². The summed E-state index contributed by atoms with van der Waals surface area (Å²) in [5.74, 6) is 0.383. The van der Waals surface area contributed by atoms with E-state index in [0.717, 1.165) is 60.4 Å². The lowest BCUT2D eigenvalue weighted by atomic mass is 10.1. The quantitative estimate of drug-likeness (QED) is 0.740. The molecule has 1 aliphatic heterocycles. The second-order valence-electron chi connectivity index (χ2n) is 7.75. The van der Waals surface area contributed by atoms with Gasteiger partial charge < -0.3 is 10.1 Å². The summed E-state index contributed by atoms with van der Waals surface area (Å²) in [5, 5.41) is 8.61. The van der Waals surface area contributed by atoms with Crippen molar-refractivity contribution in [3.8, 4) is 5.69 Å². The van der Waals surface area contributed by atoms with Crippen LogP contribution in [0.25, 0.3) is 16.7 Å². The van der Waals surface area contributed by atoms with Gasteiger partial charge in [-0.15, -0.1) is 0 Å². The second-order valence-corrected chi connectivity index (χ2v) is 7.75. The smallest absolute Gasteiger partial charge is 0.252 e. The van der Waals surface area contributed by atoms with Crippen molar-refractivity contribution in [1.29, 1.82) is 0 Å². The van der Waals surface area contributed by atoms with E-state index in [1.807, 2.05) is 48.0 Å². The largest absolute Gasteiger partial charge is 0.376 e. The van der Waals surface area contributed by atoms with Crippen LogP contribution in [-0.2, 0) is 4.74 Å². The van der Waals surface area contributed by atoms with Crippen molar-refractivity contribution in [2.45, 2.75) is 44.6 Å². The lowest BCUT2D eigenvalue weighted by Gasteiger charge is -2.12. The van der Waals surface area contributed by atoms with Crippen molar-refractivity contribution in [2.24, 2.45) is 0 Å². The third kappa shape index (κ3) is 3.18. The topological polar surface area (TPSA) is 69.0 Å². The van der Waals surface area contributed by atoms with E-state index < -0.39 is 0 Å². The Morgan fingerprint density at radius 3 is 2.79 bits per heavy atom. The number of carbonyl (C=O) groups excluding carboxylic acids is 1. The number of fused-ring (bicyclic) bond motifs is 1. The van der Waals surface area contributed by atoms with Gasteiger partial charge in [0.1, 0.15) is 0 Å². The summed E-state index contributed by atoms with van der Waals surface area (Å²) >= 11 is 0. The number of nitrogens with zero attached hydrogens (tertiary/aromatic N) is 3. The van der Waals surface area contributed by atoms with Crippen molar-refractivity contribution in [1.82, 2.24) is 20.1 Å². The van der Waals surface area contributed by atoms with Crippen LogP contribution in [0.4, 0.5) is 0 Å². The summed E-state index contributed by atoms with van der Waals surface area (Å²) in [6.45, 7) is 3.28. The maximum Gasteiger partial charge on any atom is 0.252 e. The first-order valence-corrected chi connectivity index (χ1v) is 10.1. The lowest BCUT2D eigenvalue weighted by Crippen LogP contribution is -2.32. The fraction of sp³-hybridized carbons (Fsp3) is 0.409. The normalized spacial score (nSPS) is 19.2. The molecule has 2 aromatic heterocycles. The van der Waals surface area contributed by atoms with Crippen LogP contribution in [-0.4, -0.2) is 39.9 Å². The molecule has 0 bridgehead atoms. The van der Waals surface area contributed by atoms with E-state index in [4.69, 9.17) is 14.8 Å². The van der Waals surface area contributed by atoms with E-state index in [2.05, 4.69) is 5.32 Å². The van der Waals surface area contributed by atoms with Crippen LogP contribution in [0.5, 0.6) is 0 Å². The molecule has 0 unspecified atom stereocenters. The molecule has 2 aliphatic rings. The Labute approximate surface area is 163 Å². The molecule has 1 amide bonds. The fourth-order valence-corrected chi connectivity index (χ4v) is 3.93. The van der Waals surface area contributed by atoms with Crippen LogP contribution in [0.2, 0.25) is 0 Å². The number of para-hydroxylation sites is 1. The van der Waals surface area contributed by atoms with Crippen LogP contribution in [0.15, 0.2) is 36.4 Å². The van der Waals surface area contributed by atoms with Gasteiger partial charge in [-0.25, -0.2) is 9.67 Å². The molecule has 3 heterocycles. The highest BCUT2D eigenvalue weighted by Crippen LogP contribution is 2.40. The van der Waals surface area contributed by atoms with Crippen molar-refractivity contribution >= 4 is 16.9 Å². The number of hydrogen-bond acceptors (Lipinski definition) is 4. The summed E-state index contributed by atoms with van der Waals surface area (Å²) in [6, 6.07) is 11.9. The molecule has 144 valence electrons. The molecule has 1 aliphatic carbocycles. The predicted molar refractivity (Wildman–Crippen MR) is 107 cm³/mol. The number of hydrogen-bond donors (Lipinski definition) is 1. The Kier molecular flexibility index (Phi) is 4.36. The van der Waals surface area contributed by atoms with E-state index >= 15 is 0 Å². The third-order valence-electron chi connectivity index (χ3n) is 5.59. The van der Waals surface area contributed by atoms with E-state index in [1.165, 1.54) is 0 Å². The Morgan fingerprint density at radius 1 is 1.25 bits per heavy atom. The van der Waals surface area contributed by atoms with Gasteiger partial charge in [0.25, 0.3) is 5.91 Å². The molecule has 1 N–H and O–H groups in total. The minimum absolute atomic E-state index is 0.0690. The van der Waals surface area contributed by atoms with Gasteiger partial charge in [-0.1, -0.05) is 18.2 Å². The number of benzene rings is 1. The van der Waals surface area contributed by atoms with Crippen LogP contribution in [0.1, 0.15) is 53.3 Å². The molecular formula is C22H24N4O2. The molecule has 28 heavy (non-hydrogen) atoms. The highest BCUT2D eigenvalue weighted by Gasteiger charge is 2.29. The molecular weight excluding hydrogens is 352 g/mol. The minimum atomic E-state index is -0.0690. The van der Waals surface area contributed by atoms with Crippen molar-refractivity contribution in [2.75, 3.05) is 13.2 Å². The number of carbonyl (C=O) groups is 1. The van der Waals surface area contributed by atoms with Crippen LogP contribution in [0, 0.1) is 6.92 Å². The van der Waals surface area contributed by atoms with Gasteiger partial charge in [0.2, 0.25) is 0 Å². The highest BCUT2D eigenvalue weighted by molar-refractivity contribution is 6.06. The standard InChI is InChI=1S/C22H24N4O2/c1-14-20-18(22(27)23-13-17-8-5-11-28-17)12-19(15-9-10-15)24-21(20)26(25-14)16-6-3-2-4-7-16/h2-4,6-7,12,15,17H,5,8-11,13H2,1H3,(H,23,27)/t17-/m1/s1. The van der Waals surface area contributed by atoms with E-state index in [9.17, 15) is 4.79 Å². The first-order chi connectivity index (χ1) is 13.7. The Bertz CT molecular complexity index is 1020. The summed E-state index contributed by atoms with van der Waals surface area (Å²) in [5.41, 5.74) is 4.19. The van der Waals surface area contributed by atoms with Gasteiger partial charge >= 0.3 is 0 Å². The number of aromatic nitrogens is 3.